The molecular weight excluding hydrogens is 398 g/mol. The minimum absolute atomic E-state index is 0.00312. The second-order valence-electron chi connectivity index (χ2n) is 5.05. The fourth-order valence-electron chi connectivity index (χ4n) is 2.55. The number of benzene rings is 2. The average molecular weight is 411 g/mol. The van der Waals surface area contributed by atoms with Gasteiger partial charge in [-0.15, -0.1) is 0 Å². The highest BCUT2D eigenvalue weighted by Crippen LogP contribution is 2.27. The largest absolute Gasteiger partial charge is 0.508 e. The minimum atomic E-state index is 0.00312. The maximum atomic E-state index is 12.6. The van der Waals surface area contributed by atoms with Crippen molar-refractivity contribution in [3.63, 3.8) is 0 Å². The third-order valence-electron chi connectivity index (χ3n) is 3.65. The van der Waals surface area contributed by atoms with Gasteiger partial charge in [-0.1, -0.05) is 22.0 Å². The number of fused-ring (bicyclic) bond motifs is 1. The molecule has 0 bridgehead atoms. The number of amides is 1. The summed E-state index contributed by atoms with van der Waals surface area (Å²) in [4.78, 5) is 14.5. The van der Waals surface area contributed by atoms with Crippen LogP contribution in [0.4, 0.5) is 0 Å². The summed E-state index contributed by atoms with van der Waals surface area (Å²) >= 11 is 6.83. The molecule has 0 aliphatic carbocycles. The molecule has 0 spiro atoms. The van der Waals surface area contributed by atoms with Gasteiger partial charge in [0.2, 0.25) is 0 Å². The first kappa shape index (κ1) is 14.6. The number of rotatable bonds is 1. The zero-order valence-electron chi connectivity index (χ0n) is 11.1. The summed E-state index contributed by atoms with van der Waals surface area (Å²) in [6, 6.07) is 10.9. The zero-order valence-corrected chi connectivity index (χ0v) is 14.3. The van der Waals surface area contributed by atoms with Crippen LogP contribution in [0.25, 0.3) is 0 Å². The predicted molar refractivity (Wildman–Crippen MR) is 88.4 cm³/mol. The maximum Gasteiger partial charge on any atom is 0.255 e. The lowest BCUT2D eigenvalue weighted by molar-refractivity contribution is 0.0733. The Morgan fingerprint density at radius 3 is 2.67 bits per heavy atom. The van der Waals surface area contributed by atoms with E-state index < -0.39 is 0 Å². The molecular formula is C16H13Br2NO2. The molecule has 0 saturated carbocycles. The van der Waals surface area contributed by atoms with Crippen molar-refractivity contribution in [3.8, 4) is 5.75 Å². The van der Waals surface area contributed by atoms with Gasteiger partial charge in [0, 0.05) is 22.0 Å². The second-order valence-corrected chi connectivity index (χ2v) is 6.82. The third-order valence-corrected chi connectivity index (χ3v) is 4.80. The number of carbonyl (C=O) groups is 1. The van der Waals surface area contributed by atoms with E-state index in [0.717, 1.165) is 20.9 Å². The van der Waals surface area contributed by atoms with Gasteiger partial charge < -0.3 is 10.0 Å². The standard InChI is InChI=1S/C16H13Br2NO2/c17-12-2-4-14(15(18)8-12)16(21)19-6-5-10-1-3-13(20)7-11(10)9-19/h1-4,7-8,20H,5-6,9H2. The van der Waals surface area contributed by atoms with Crippen molar-refractivity contribution in [1.29, 1.82) is 0 Å². The number of hydrogen-bond donors (Lipinski definition) is 1. The van der Waals surface area contributed by atoms with Gasteiger partial charge >= 0.3 is 0 Å². The smallest absolute Gasteiger partial charge is 0.255 e. The first-order valence-corrected chi connectivity index (χ1v) is 8.18. The van der Waals surface area contributed by atoms with E-state index in [-0.39, 0.29) is 11.7 Å². The third kappa shape index (κ3) is 2.99. The summed E-state index contributed by atoms with van der Waals surface area (Å²) < 4.78 is 1.71. The Kier molecular flexibility index (Phi) is 4.04. The summed E-state index contributed by atoms with van der Waals surface area (Å²) in [7, 11) is 0. The van der Waals surface area contributed by atoms with Gasteiger partial charge in [-0.25, -0.2) is 0 Å². The van der Waals surface area contributed by atoms with Crippen molar-refractivity contribution >= 4 is 37.8 Å². The summed E-state index contributed by atoms with van der Waals surface area (Å²) in [5.41, 5.74) is 2.87. The van der Waals surface area contributed by atoms with E-state index in [1.165, 1.54) is 5.56 Å². The van der Waals surface area contributed by atoms with E-state index in [0.29, 0.717) is 18.7 Å². The van der Waals surface area contributed by atoms with Crippen LogP contribution in [0, 0.1) is 0 Å². The Balaban J connectivity index is 1.87. The maximum absolute atomic E-state index is 12.6. The lowest BCUT2D eigenvalue weighted by Gasteiger charge is -2.29. The predicted octanol–water partition coefficient (Wildman–Crippen LogP) is 4.12. The van der Waals surface area contributed by atoms with Gasteiger partial charge in [0.1, 0.15) is 5.75 Å². The molecule has 1 aliphatic heterocycles. The highest BCUT2D eigenvalue weighted by Gasteiger charge is 2.23. The van der Waals surface area contributed by atoms with Crippen LogP contribution in [0.15, 0.2) is 45.3 Å². The molecule has 0 saturated heterocycles. The Morgan fingerprint density at radius 1 is 1.10 bits per heavy atom. The van der Waals surface area contributed by atoms with Gasteiger partial charge in [-0.3, -0.25) is 4.79 Å². The normalized spacial score (nSPS) is 13.9. The van der Waals surface area contributed by atoms with E-state index in [1.54, 1.807) is 12.1 Å². The van der Waals surface area contributed by atoms with Gasteiger partial charge in [-0.2, -0.15) is 0 Å². The van der Waals surface area contributed by atoms with Crippen LogP contribution >= 0.6 is 31.9 Å². The number of aromatic hydroxyl groups is 1. The second kappa shape index (κ2) is 5.81. The topological polar surface area (TPSA) is 40.5 Å². The number of phenolic OH excluding ortho intramolecular Hbond substituents is 1. The van der Waals surface area contributed by atoms with E-state index in [4.69, 9.17) is 0 Å². The molecule has 2 aromatic carbocycles. The highest BCUT2D eigenvalue weighted by molar-refractivity contribution is 9.11. The molecule has 0 aromatic heterocycles. The number of carbonyl (C=O) groups excluding carboxylic acids is 1. The van der Waals surface area contributed by atoms with Crippen molar-refractivity contribution in [3.05, 3.63) is 62.0 Å². The Bertz CT molecular complexity index is 715. The fraction of sp³-hybridized carbons (Fsp3) is 0.188. The van der Waals surface area contributed by atoms with Crippen molar-refractivity contribution < 1.29 is 9.90 Å². The Hall–Kier alpha value is -1.33. The van der Waals surface area contributed by atoms with E-state index in [9.17, 15) is 9.90 Å². The molecule has 5 heteroatoms. The lowest BCUT2D eigenvalue weighted by Crippen LogP contribution is -2.36. The first-order chi connectivity index (χ1) is 10.0. The number of hydrogen-bond acceptors (Lipinski definition) is 2. The summed E-state index contributed by atoms with van der Waals surface area (Å²) in [5.74, 6) is 0.247. The molecule has 1 aliphatic rings. The van der Waals surface area contributed by atoms with Gasteiger partial charge in [0.05, 0.1) is 5.56 Å². The number of phenols is 1. The molecule has 0 fully saturated rings. The minimum Gasteiger partial charge on any atom is -0.508 e. The Morgan fingerprint density at radius 2 is 1.90 bits per heavy atom. The zero-order chi connectivity index (χ0) is 15.0. The molecule has 2 aromatic rings. The van der Waals surface area contributed by atoms with Crippen LogP contribution in [-0.4, -0.2) is 22.5 Å². The van der Waals surface area contributed by atoms with Crippen molar-refractivity contribution in [2.24, 2.45) is 0 Å². The molecule has 1 N–H and O–H groups in total. The average Bonchev–Trinajstić information content (AvgIpc) is 2.46. The molecule has 108 valence electrons. The van der Waals surface area contributed by atoms with Crippen LogP contribution in [0.2, 0.25) is 0 Å². The van der Waals surface area contributed by atoms with E-state index >= 15 is 0 Å². The fourth-order valence-corrected chi connectivity index (χ4v) is 3.77. The van der Waals surface area contributed by atoms with Crippen LogP contribution < -0.4 is 0 Å². The Labute approximate surface area is 139 Å². The molecule has 21 heavy (non-hydrogen) atoms. The molecule has 1 amide bonds. The SMILES string of the molecule is O=C(c1ccc(Br)cc1Br)N1CCc2ccc(O)cc2C1. The van der Waals surface area contributed by atoms with Crippen molar-refractivity contribution in [2.45, 2.75) is 13.0 Å². The van der Waals surface area contributed by atoms with Gasteiger partial charge in [0.15, 0.2) is 0 Å². The molecule has 3 nitrogen and oxygen atoms in total. The molecule has 0 unspecified atom stereocenters. The molecule has 0 radical (unpaired) electrons. The summed E-state index contributed by atoms with van der Waals surface area (Å²) in [6.45, 7) is 1.23. The van der Waals surface area contributed by atoms with E-state index in [1.807, 2.05) is 29.2 Å². The van der Waals surface area contributed by atoms with Crippen LogP contribution in [0.5, 0.6) is 5.75 Å². The van der Waals surface area contributed by atoms with Crippen LogP contribution in [0.1, 0.15) is 21.5 Å². The summed E-state index contributed by atoms with van der Waals surface area (Å²) in [6.07, 6.45) is 0.815. The van der Waals surface area contributed by atoms with Crippen LogP contribution in [-0.2, 0) is 13.0 Å². The molecule has 3 rings (SSSR count). The van der Waals surface area contributed by atoms with Gasteiger partial charge in [0.25, 0.3) is 5.91 Å². The van der Waals surface area contributed by atoms with E-state index in [2.05, 4.69) is 31.9 Å². The van der Waals surface area contributed by atoms with Crippen LogP contribution in [0.3, 0.4) is 0 Å². The number of nitrogens with zero attached hydrogens (tertiary/aromatic N) is 1. The van der Waals surface area contributed by atoms with Crippen molar-refractivity contribution in [1.82, 2.24) is 4.90 Å². The number of halogens is 2. The van der Waals surface area contributed by atoms with Crippen molar-refractivity contribution in [2.75, 3.05) is 6.54 Å². The first-order valence-electron chi connectivity index (χ1n) is 6.59. The summed E-state index contributed by atoms with van der Waals surface area (Å²) in [5, 5.41) is 9.59. The van der Waals surface area contributed by atoms with Gasteiger partial charge in [-0.05, 0) is 63.8 Å². The highest BCUT2D eigenvalue weighted by atomic mass is 79.9. The molecule has 1 heterocycles. The quantitative estimate of drug-likeness (QED) is 0.768. The lowest BCUT2D eigenvalue weighted by atomic mass is 9.99. The monoisotopic (exact) mass is 409 g/mol. The molecule has 0 atom stereocenters.